The Hall–Kier alpha value is -0.990. The molecule has 0 amide bonds. The topological polar surface area (TPSA) is 37.1 Å². The maximum atomic E-state index is 3.77. The van der Waals surface area contributed by atoms with E-state index in [0.29, 0.717) is 0 Å². The van der Waals surface area contributed by atoms with Gasteiger partial charge in [0.1, 0.15) is 0 Å². The average Bonchev–Trinajstić information content (AvgIpc) is 2.15. The van der Waals surface area contributed by atoms with Crippen molar-refractivity contribution in [1.29, 1.82) is 0 Å². The minimum absolute atomic E-state index is 0.0451. The van der Waals surface area contributed by atoms with Gasteiger partial charge in [-0.15, -0.1) is 10.2 Å². The van der Waals surface area contributed by atoms with Gasteiger partial charge in [0.15, 0.2) is 0 Å². The van der Waals surface area contributed by atoms with Gasteiger partial charge in [-0.3, -0.25) is 0 Å². The van der Waals surface area contributed by atoms with E-state index in [9.17, 15) is 0 Å². The maximum absolute atomic E-state index is 3.77. The third-order valence-corrected chi connectivity index (χ3v) is 1.74. The predicted octanol–water partition coefficient (Wildman–Crippen LogP) is 2.37. The summed E-state index contributed by atoms with van der Waals surface area (Å²) in [6.07, 6.45) is 6.54. The Kier molecular flexibility index (Phi) is 1.94. The molecule has 0 saturated heterocycles. The van der Waals surface area contributed by atoms with E-state index in [1.54, 1.807) is 6.20 Å². The second kappa shape index (κ2) is 2.73. The first kappa shape index (κ1) is 7.12. The maximum Gasteiger partial charge on any atom is 0.0483 e. The monoisotopic (exact) mass is 137 g/mol. The van der Waals surface area contributed by atoms with Crippen molar-refractivity contribution in [2.24, 2.45) is 20.9 Å². The van der Waals surface area contributed by atoms with Crippen LogP contribution in [0.25, 0.3) is 0 Å². The molecular weight excluding hydrogens is 126 g/mol. The highest BCUT2D eigenvalue weighted by atomic mass is 15.4. The van der Waals surface area contributed by atoms with Crippen LogP contribution in [0.4, 0.5) is 0 Å². The van der Waals surface area contributed by atoms with Gasteiger partial charge in [-0.05, 0) is 11.6 Å². The summed E-state index contributed by atoms with van der Waals surface area (Å²) in [6, 6.07) is 0. The molecule has 1 aliphatic heterocycles. The minimum Gasteiger partial charge on any atom is -0.142 e. The quantitative estimate of drug-likeness (QED) is 0.532. The smallest absolute Gasteiger partial charge is 0.0483 e. The van der Waals surface area contributed by atoms with Crippen molar-refractivity contribution in [2.75, 3.05) is 0 Å². The number of nitrogens with zero attached hydrogens (tertiary/aromatic N) is 3. The van der Waals surface area contributed by atoms with Gasteiger partial charge in [-0.1, -0.05) is 19.9 Å². The molecule has 3 nitrogen and oxygen atoms in total. The van der Waals surface area contributed by atoms with Crippen LogP contribution in [-0.2, 0) is 0 Å². The highest BCUT2D eigenvalue weighted by molar-refractivity contribution is 5.67. The second-order valence-electron chi connectivity index (χ2n) is 2.62. The van der Waals surface area contributed by atoms with Gasteiger partial charge in [0.25, 0.3) is 0 Å². The van der Waals surface area contributed by atoms with Crippen molar-refractivity contribution in [2.45, 2.75) is 20.3 Å². The lowest BCUT2D eigenvalue weighted by molar-refractivity contribution is 0.586. The van der Waals surface area contributed by atoms with Crippen LogP contribution < -0.4 is 0 Å². The van der Waals surface area contributed by atoms with E-state index in [1.807, 2.05) is 12.3 Å². The lowest BCUT2D eigenvalue weighted by Gasteiger charge is -2.15. The largest absolute Gasteiger partial charge is 0.142 e. The third kappa shape index (κ3) is 1.50. The van der Waals surface area contributed by atoms with Gasteiger partial charge in [0.05, 0.1) is 0 Å². The summed E-state index contributed by atoms with van der Waals surface area (Å²) in [4.78, 5) is 0. The van der Waals surface area contributed by atoms with Gasteiger partial charge in [0.2, 0.25) is 0 Å². The van der Waals surface area contributed by atoms with Gasteiger partial charge < -0.3 is 0 Å². The highest BCUT2D eigenvalue weighted by Crippen LogP contribution is 2.21. The molecule has 54 valence electrons. The fourth-order valence-corrected chi connectivity index (χ4v) is 0.673. The third-order valence-electron chi connectivity index (χ3n) is 1.74. The van der Waals surface area contributed by atoms with E-state index in [2.05, 4.69) is 29.3 Å². The Morgan fingerprint density at radius 2 is 2.30 bits per heavy atom. The molecule has 0 bridgehead atoms. The van der Waals surface area contributed by atoms with E-state index >= 15 is 0 Å². The van der Waals surface area contributed by atoms with Crippen LogP contribution in [0, 0.1) is 5.41 Å². The van der Waals surface area contributed by atoms with E-state index in [4.69, 9.17) is 0 Å². The molecule has 0 spiro atoms. The number of rotatable bonds is 1. The molecule has 0 aliphatic carbocycles. The zero-order valence-electron chi connectivity index (χ0n) is 6.28. The summed E-state index contributed by atoms with van der Waals surface area (Å²) < 4.78 is 0. The Labute approximate surface area is 60.5 Å². The molecule has 0 fully saturated rings. The lowest BCUT2D eigenvalue weighted by atomic mass is 9.89. The molecular formula is C7H11N3. The minimum atomic E-state index is 0.0451. The van der Waals surface area contributed by atoms with Gasteiger partial charge >= 0.3 is 0 Å². The lowest BCUT2D eigenvalue weighted by Crippen LogP contribution is -2.12. The SMILES string of the molecule is CCC1(C)C=CN=NN=C1. The van der Waals surface area contributed by atoms with Gasteiger partial charge in [-0.25, -0.2) is 0 Å². The molecule has 0 saturated carbocycles. The molecule has 0 N–H and O–H groups in total. The fourth-order valence-electron chi connectivity index (χ4n) is 0.673. The van der Waals surface area contributed by atoms with Gasteiger partial charge in [-0.2, -0.15) is 0 Å². The van der Waals surface area contributed by atoms with Crippen LogP contribution in [0.3, 0.4) is 0 Å². The van der Waals surface area contributed by atoms with Crippen LogP contribution in [0.15, 0.2) is 27.7 Å². The first-order valence-corrected chi connectivity index (χ1v) is 3.39. The van der Waals surface area contributed by atoms with Crippen molar-refractivity contribution in [3.63, 3.8) is 0 Å². The fraction of sp³-hybridized carbons (Fsp3) is 0.571. The molecule has 1 heterocycles. The normalized spacial score (nSPS) is 30.6. The van der Waals surface area contributed by atoms with Crippen LogP contribution in [0.5, 0.6) is 0 Å². The van der Waals surface area contributed by atoms with E-state index in [1.165, 1.54) is 0 Å². The molecule has 1 aliphatic rings. The van der Waals surface area contributed by atoms with Crippen molar-refractivity contribution >= 4 is 6.21 Å². The second-order valence-corrected chi connectivity index (χ2v) is 2.62. The summed E-state index contributed by atoms with van der Waals surface area (Å²) in [7, 11) is 0. The van der Waals surface area contributed by atoms with Crippen LogP contribution in [-0.4, -0.2) is 6.21 Å². The van der Waals surface area contributed by atoms with Crippen LogP contribution in [0.2, 0.25) is 0 Å². The molecule has 1 rings (SSSR count). The molecule has 0 aromatic heterocycles. The van der Waals surface area contributed by atoms with E-state index < -0.39 is 0 Å². The summed E-state index contributed by atoms with van der Waals surface area (Å²) in [5.41, 5.74) is 0.0451. The summed E-state index contributed by atoms with van der Waals surface area (Å²) in [5.74, 6) is 0. The first-order valence-electron chi connectivity index (χ1n) is 3.39. The zero-order chi connectivity index (χ0) is 7.45. The molecule has 1 unspecified atom stereocenters. The Morgan fingerprint density at radius 3 is 3.00 bits per heavy atom. The zero-order valence-corrected chi connectivity index (χ0v) is 6.28. The summed E-state index contributed by atoms with van der Waals surface area (Å²) in [5, 5.41) is 10.9. The van der Waals surface area contributed by atoms with E-state index in [-0.39, 0.29) is 5.41 Å². The van der Waals surface area contributed by atoms with Crippen molar-refractivity contribution in [1.82, 2.24) is 0 Å². The predicted molar refractivity (Wildman–Crippen MR) is 40.9 cm³/mol. The summed E-state index contributed by atoms with van der Waals surface area (Å²) >= 11 is 0. The van der Waals surface area contributed by atoms with Gasteiger partial charge in [0, 0.05) is 17.8 Å². The van der Waals surface area contributed by atoms with Crippen molar-refractivity contribution in [3.05, 3.63) is 12.3 Å². The number of allylic oxidation sites excluding steroid dienone is 1. The standard InChI is InChI=1S/C7H11N3/c1-3-7(2)4-5-8-10-9-6-7/h4-6H,3H2,1-2H3. The Balaban J connectivity index is 2.80. The van der Waals surface area contributed by atoms with Crippen molar-refractivity contribution < 1.29 is 0 Å². The van der Waals surface area contributed by atoms with Crippen LogP contribution in [0.1, 0.15) is 20.3 Å². The molecule has 3 heteroatoms. The number of hydrogen-bond donors (Lipinski definition) is 0. The molecule has 0 aromatic carbocycles. The Bertz CT molecular complexity index is 175. The average molecular weight is 137 g/mol. The highest BCUT2D eigenvalue weighted by Gasteiger charge is 2.15. The number of hydrogen-bond acceptors (Lipinski definition) is 3. The Morgan fingerprint density at radius 1 is 1.50 bits per heavy atom. The molecule has 0 aromatic rings. The van der Waals surface area contributed by atoms with Crippen molar-refractivity contribution in [3.8, 4) is 0 Å². The van der Waals surface area contributed by atoms with E-state index in [0.717, 1.165) is 6.42 Å². The molecule has 0 radical (unpaired) electrons. The molecule has 1 atom stereocenters. The first-order chi connectivity index (χ1) is 4.77. The summed E-state index contributed by atoms with van der Waals surface area (Å²) in [6.45, 7) is 4.21. The molecule has 10 heavy (non-hydrogen) atoms. The van der Waals surface area contributed by atoms with Crippen LogP contribution >= 0.6 is 0 Å².